The molecule has 0 aromatic rings. The fraction of sp³-hybridized carbons (Fsp3) is 0.875. The van der Waals surface area contributed by atoms with Crippen LogP contribution in [0, 0.1) is 17.8 Å². The van der Waals surface area contributed by atoms with Gasteiger partial charge < -0.3 is 10.4 Å². The molecule has 1 saturated heterocycles. The molecular weight excluding hydrogens is 268 g/mol. The highest BCUT2D eigenvalue weighted by Crippen LogP contribution is 2.29. The summed E-state index contributed by atoms with van der Waals surface area (Å²) in [7, 11) is 0. The van der Waals surface area contributed by atoms with E-state index in [2.05, 4.69) is 19.2 Å². The van der Waals surface area contributed by atoms with Crippen molar-refractivity contribution in [3.8, 4) is 0 Å². The average Bonchev–Trinajstić information content (AvgIpc) is 2.77. The first-order valence-corrected chi connectivity index (χ1v) is 8.16. The lowest BCUT2D eigenvalue weighted by Crippen LogP contribution is -2.48. The van der Waals surface area contributed by atoms with Crippen molar-refractivity contribution in [2.24, 2.45) is 17.8 Å². The van der Waals surface area contributed by atoms with E-state index >= 15 is 0 Å². The topological polar surface area (TPSA) is 69.6 Å². The van der Waals surface area contributed by atoms with Crippen LogP contribution in [0.1, 0.15) is 46.5 Å². The van der Waals surface area contributed by atoms with E-state index < -0.39 is 5.97 Å². The van der Waals surface area contributed by atoms with Gasteiger partial charge in [-0.15, -0.1) is 0 Å². The molecule has 1 aliphatic carbocycles. The minimum absolute atomic E-state index is 0.0406. The van der Waals surface area contributed by atoms with Gasteiger partial charge in [-0.05, 0) is 38.1 Å². The second kappa shape index (κ2) is 6.77. The third-order valence-corrected chi connectivity index (χ3v) is 5.60. The minimum Gasteiger partial charge on any atom is -0.481 e. The van der Waals surface area contributed by atoms with Gasteiger partial charge in [-0.25, -0.2) is 0 Å². The number of nitrogens with zero attached hydrogens (tertiary/aromatic N) is 1. The van der Waals surface area contributed by atoms with Crippen molar-refractivity contribution in [3.63, 3.8) is 0 Å². The van der Waals surface area contributed by atoms with Gasteiger partial charge in [0.25, 0.3) is 0 Å². The summed E-state index contributed by atoms with van der Waals surface area (Å²) in [6, 6.07) is 0.213. The van der Waals surface area contributed by atoms with Crippen molar-refractivity contribution >= 4 is 11.9 Å². The van der Waals surface area contributed by atoms with Crippen molar-refractivity contribution in [2.75, 3.05) is 13.1 Å². The highest BCUT2D eigenvalue weighted by atomic mass is 16.4. The number of carboxylic acid groups (broad SMARTS) is 1. The Morgan fingerprint density at radius 1 is 1.19 bits per heavy atom. The molecule has 0 aromatic carbocycles. The van der Waals surface area contributed by atoms with Gasteiger partial charge in [0, 0.05) is 12.1 Å². The fourth-order valence-electron chi connectivity index (χ4n) is 3.78. The molecule has 2 rings (SSSR count). The minimum atomic E-state index is -0.750. The first-order chi connectivity index (χ1) is 9.90. The number of nitrogens with one attached hydrogen (secondary N) is 1. The highest BCUT2D eigenvalue weighted by Gasteiger charge is 2.36. The number of amides is 1. The van der Waals surface area contributed by atoms with Crippen LogP contribution < -0.4 is 5.32 Å². The molecule has 5 atom stereocenters. The van der Waals surface area contributed by atoms with Crippen molar-refractivity contribution in [1.29, 1.82) is 0 Å². The molecule has 5 heteroatoms. The van der Waals surface area contributed by atoms with Crippen LogP contribution in [0.15, 0.2) is 0 Å². The van der Waals surface area contributed by atoms with Crippen molar-refractivity contribution < 1.29 is 14.7 Å². The number of hydrogen-bond donors (Lipinski definition) is 2. The molecule has 21 heavy (non-hydrogen) atoms. The molecular formula is C16H28N2O3. The summed E-state index contributed by atoms with van der Waals surface area (Å²) in [6.45, 7) is 7.39. The van der Waals surface area contributed by atoms with Crippen molar-refractivity contribution in [2.45, 2.75) is 58.5 Å². The summed E-state index contributed by atoms with van der Waals surface area (Å²) in [5.41, 5.74) is 0. The second-order valence-electron chi connectivity index (χ2n) is 6.89. The third kappa shape index (κ3) is 3.76. The van der Waals surface area contributed by atoms with Gasteiger partial charge in [0.1, 0.15) is 0 Å². The number of carboxylic acids is 1. The van der Waals surface area contributed by atoms with E-state index in [1.54, 1.807) is 0 Å². The maximum Gasteiger partial charge on any atom is 0.308 e. The van der Waals surface area contributed by atoms with Crippen LogP contribution in [0.4, 0.5) is 0 Å². The zero-order valence-electron chi connectivity index (χ0n) is 13.3. The zero-order chi connectivity index (χ0) is 15.6. The molecule has 120 valence electrons. The Balaban J connectivity index is 1.83. The SMILES string of the molecule is CC1CCCC(NC(=O)CN2CCC(C(=O)O)C2C)C1C. The number of likely N-dealkylation sites (tertiary alicyclic amines) is 1. The van der Waals surface area contributed by atoms with Crippen LogP contribution in [0.3, 0.4) is 0 Å². The van der Waals surface area contributed by atoms with Gasteiger partial charge in [0.05, 0.1) is 12.5 Å². The van der Waals surface area contributed by atoms with Gasteiger partial charge >= 0.3 is 5.97 Å². The van der Waals surface area contributed by atoms with E-state index in [-0.39, 0.29) is 23.9 Å². The molecule has 5 unspecified atom stereocenters. The molecule has 0 bridgehead atoms. The number of carbonyl (C=O) groups excluding carboxylic acids is 1. The lowest BCUT2D eigenvalue weighted by Gasteiger charge is -2.35. The predicted octanol–water partition coefficient (Wildman–Crippen LogP) is 1.72. The molecule has 0 aromatic heterocycles. The first kappa shape index (κ1) is 16.3. The summed E-state index contributed by atoms with van der Waals surface area (Å²) >= 11 is 0. The predicted molar refractivity (Wildman–Crippen MR) is 80.9 cm³/mol. The first-order valence-electron chi connectivity index (χ1n) is 8.16. The summed E-state index contributed by atoms with van der Waals surface area (Å²) in [6.07, 6.45) is 4.12. The number of carbonyl (C=O) groups is 2. The van der Waals surface area contributed by atoms with E-state index in [0.717, 1.165) is 6.42 Å². The third-order valence-electron chi connectivity index (χ3n) is 5.60. The summed E-state index contributed by atoms with van der Waals surface area (Å²) < 4.78 is 0. The van der Waals surface area contributed by atoms with Gasteiger partial charge in [-0.1, -0.05) is 26.7 Å². The van der Waals surface area contributed by atoms with Crippen LogP contribution in [0.2, 0.25) is 0 Å². The van der Waals surface area contributed by atoms with Gasteiger partial charge in [0.15, 0.2) is 0 Å². The highest BCUT2D eigenvalue weighted by molar-refractivity contribution is 5.79. The van der Waals surface area contributed by atoms with E-state index in [9.17, 15) is 9.59 Å². The molecule has 2 fully saturated rings. The van der Waals surface area contributed by atoms with E-state index in [1.807, 2.05) is 11.8 Å². The lowest BCUT2D eigenvalue weighted by atomic mass is 9.78. The van der Waals surface area contributed by atoms with Crippen LogP contribution in [-0.4, -0.2) is 47.1 Å². The molecule has 2 N–H and O–H groups in total. The molecule has 0 radical (unpaired) electrons. The van der Waals surface area contributed by atoms with Gasteiger partial charge in [0.2, 0.25) is 5.91 Å². The summed E-state index contributed by atoms with van der Waals surface area (Å²) in [5.74, 6) is 0.127. The second-order valence-corrected chi connectivity index (χ2v) is 6.89. The standard InChI is InChI=1S/C16H28N2O3/c1-10-5-4-6-14(11(10)2)17-15(19)9-18-8-7-13(12(18)3)16(20)21/h10-14H,4-9H2,1-3H3,(H,17,19)(H,20,21). The Kier molecular flexibility index (Phi) is 5.25. The average molecular weight is 296 g/mol. The monoisotopic (exact) mass is 296 g/mol. The largest absolute Gasteiger partial charge is 0.481 e. The molecule has 5 nitrogen and oxygen atoms in total. The smallest absolute Gasteiger partial charge is 0.308 e. The summed E-state index contributed by atoms with van der Waals surface area (Å²) in [4.78, 5) is 25.3. The van der Waals surface area contributed by atoms with Crippen LogP contribution in [0.5, 0.6) is 0 Å². The van der Waals surface area contributed by atoms with E-state index in [0.29, 0.717) is 31.3 Å². The van der Waals surface area contributed by atoms with Crippen LogP contribution in [-0.2, 0) is 9.59 Å². The maximum atomic E-state index is 12.2. The van der Waals surface area contributed by atoms with E-state index in [1.165, 1.54) is 12.8 Å². The van der Waals surface area contributed by atoms with Crippen molar-refractivity contribution in [3.05, 3.63) is 0 Å². The van der Waals surface area contributed by atoms with Crippen LogP contribution >= 0.6 is 0 Å². The Bertz CT molecular complexity index is 399. The molecule has 0 spiro atoms. The Labute approximate surface area is 127 Å². The summed E-state index contributed by atoms with van der Waals surface area (Å²) in [5, 5.41) is 12.3. The Morgan fingerprint density at radius 2 is 1.90 bits per heavy atom. The zero-order valence-corrected chi connectivity index (χ0v) is 13.3. The Hall–Kier alpha value is -1.10. The van der Waals surface area contributed by atoms with Crippen LogP contribution in [0.25, 0.3) is 0 Å². The number of hydrogen-bond acceptors (Lipinski definition) is 3. The quantitative estimate of drug-likeness (QED) is 0.829. The van der Waals surface area contributed by atoms with E-state index in [4.69, 9.17) is 5.11 Å². The molecule has 2 aliphatic rings. The maximum absolute atomic E-state index is 12.2. The van der Waals surface area contributed by atoms with Crippen molar-refractivity contribution in [1.82, 2.24) is 10.2 Å². The molecule has 1 amide bonds. The molecule has 1 aliphatic heterocycles. The van der Waals surface area contributed by atoms with Gasteiger partial charge in [-0.3, -0.25) is 14.5 Å². The molecule has 1 heterocycles. The Morgan fingerprint density at radius 3 is 2.52 bits per heavy atom. The van der Waals surface area contributed by atoms with Gasteiger partial charge in [-0.2, -0.15) is 0 Å². The normalized spacial score (nSPS) is 37.4. The lowest BCUT2D eigenvalue weighted by molar-refractivity contribution is -0.142. The number of aliphatic carboxylic acids is 1. The fourth-order valence-corrected chi connectivity index (χ4v) is 3.78. The molecule has 1 saturated carbocycles. The number of rotatable bonds is 4.